The molecule has 0 radical (unpaired) electrons. The zero-order chi connectivity index (χ0) is 23.9. The molecule has 7 nitrogen and oxygen atoms in total. The molecule has 5 aromatic rings. The topological polar surface area (TPSA) is 84.0 Å². The first kappa shape index (κ1) is 17.7. The lowest BCUT2D eigenvalue weighted by molar-refractivity contribution is 0.262. The molecule has 32 heavy (non-hydrogen) atoms. The number of hydrogen-bond donors (Lipinski definition) is 3. The third-order valence-corrected chi connectivity index (χ3v) is 5.27. The highest BCUT2D eigenvalue weighted by molar-refractivity contribution is 6.31. The third-order valence-electron chi connectivity index (χ3n) is 5.05. The first-order valence-electron chi connectivity index (χ1n) is 10.8. The van der Waals surface area contributed by atoms with Crippen LogP contribution in [0.25, 0.3) is 21.9 Å². The van der Waals surface area contributed by atoms with Crippen LogP contribution in [0.4, 0.5) is 16.2 Å². The van der Waals surface area contributed by atoms with E-state index in [1.165, 1.54) is 7.11 Å². The summed E-state index contributed by atoms with van der Waals surface area (Å²) in [6.45, 7) is -1.86. The molecular weight excluding hydrogens is 426 g/mol. The zero-order valence-corrected chi connectivity index (χ0v) is 17.8. The summed E-state index contributed by atoms with van der Waals surface area (Å²) in [5.74, 6) is 0.525. The van der Waals surface area contributed by atoms with E-state index in [1.807, 2.05) is 12.1 Å². The van der Waals surface area contributed by atoms with Gasteiger partial charge in [0, 0.05) is 52.6 Å². The highest BCUT2D eigenvalue weighted by Gasteiger charge is 2.11. The summed E-state index contributed by atoms with van der Waals surface area (Å²) in [5, 5.41) is 7.42. The molecule has 2 amide bonds. The molecule has 0 bridgehead atoms. The standard InChI is InChI=1S/C24H20ClN5O2/c1-32-18-12-16(25)11-17(13-18)28-24(31)29-21-3-2-4-22-20(21)7-10-30(22)14-15-5-8-26-23-19(15)6-9-27-23/h2-13H,14H2,1H3,(H,26,27)(H2,28,29,31)/i14D2. The summed E-state index contributed by atoms with van der Waals surface area (Å²) in [6, 6.07) is 15.1. The molecule has 0 spiro atoms. The first-order chi connectivity index (χ1) is 16.4. The van der Waals surface area contributed by atoms with Crippen molar-refractivity contribution in [3.63, 3.8) is 0 Å². The summed E-state index contributed by atoms with van der Waals surface area (Å²) in [4.78, 5) is 20.0. The molecule has 3 N–H and O–H groups in total. The van der Waals surface area contributed by atoms with Crippen molar-refractivity contribution in [3.05, 3.63) is 83.8 Å². The Morgan fingerprint density at radius 1 is 1.19 bits per heavy atom. The maximum Gasteiger partial charge on any atom is 0.323 e. The molecule has 2 aromatic carbocycles. The SMILES string of the molecule is [2H]C([2H])(c1ccnc2[nH]ccc12)n1ccc2c(NC(=O)Nc3cc(Cl)cc(OC)c3)cccc21. The number of nitrogens with zero attached hydrogens (tertiary/aromatic N) is 2. The Kier molecular flexibility index (Phi) is 4.58. The molecule has 5 rings (SSSR count). The molecule has 3 aromatic heterocycles. The van der Waals surface area contributed by atoms with Crippen molar-refractivity contribution in [2.45, 2.75) is 6.50 Å². The van der Waals surface area contributed by atoms with Crippen LogP contribution in [0.15, 0.2) is 73.2 Å². The maximum absolute atomic E-state index is 12.7. The van der Waals surface area contributed by atoms with Gasteiger partial charge in [0.1, 0.15) is 11.4 Å². The van der Waals surface area contributed by atoms with Gasteiger partial charge in [-0.05, 0) is 48.0 Å². The Morgan fingerprint density at radius 2 is 2.09 bits per heavy atom. The van der Waals surface area contributed by atoms with Gasteiger partial charge in [-0.1, -0.05) is 17.7 Å². The number of amides is 2. The molecular formula is C24H20ClN5O2. The maximum atomic E-state index is 12.7. The number of carbonyl (C=O) groups is 1. The second kappa shape index (κ2) is 8.28. The van der Waals surface area contributed by atoms with Gasteiger partial charge < -0.3 is 24.9 Å². The molecule has 0 unspecified atom stereocenters. The molecule has 3 heterocycles. The second-order valence-corrected chi connectivity index (χ2v) is 7.53. The van der Waals surface area contributed by atoms with Crippen molar-refractivity contribution in [1.29, 1.82) is 0 Å². The van der Waals surface area contributed by atoms with Gasteiger partial charge in [0.25, 0.3) is 0 Å². The van der Waals surface area contributed by atoms with Gasteiger partial charge in [-0.15, -0.1) is 0 Å². The summed E-state index contributed by atoms with van der Waals surface area (Å²) < 4.78 is 24.6. The quantitative estimate of drug-likeness (QED) is 0.315. The van der Waals surface area contributed by atoms with Gasteiger partial charge in [-0.3, -0.25) is 0 Å². The average Bonchev–Trinajstić information content (AvgIpc) is 3.46. The summed E-state index contributed by atoms with van der Waals surface area (Å²) in [6.07, 6.45) is 5.00. The van der Waals surface area contributed by atoms with Crippen molar-refractivity contribution in [1.82, 2.24) is 14.5 Å². The predicted octanol–water partition coefficient (Wildman–Crippen LogP) is 5.87. The smallest absolute Gasteiger partial charge is 0.323 e. The van der Waals surface area contributed by atoms with Crippen LogP contribution in [0.1, 0.15) is 8.30 Å². The summed E-state index contributed by atoms with van der Waals surface area (Å²) >= 11 is 6.08. The Bertz CT molecular complexity index is 1530. The number of fused-ring (bicyclic) bond motifs is 2. The highest BCUT2D eigenvalue weighted by Crippen LogP contribution is 2.28. The number of aromatic amines is 1. The van der Waals surface area contributed by atoms with Crippen molar-refractivity contribution in [2.24, 2.45) is 0 Å². The fraction of sp³-hybridized carbons (Fsp3) is 0.0833. The van der Waals surface area contributed by atoms with Gasteiger partial charge in [0.15, 0.2) is 0 Å². The Morgan fingerprint density at radius 3 is 2.97 bits per heavy atom. The second-order valence-electron chi connectivity index (χ2n) is 7.09. The van der Waals surface area contributed by atoms with E-state index < -0.39 is 12.5 Å². The monoisotopic (exact) mass is 447 g/mol. The molecule has 0 aliphatic rings. The number of halogens is 1. The van der Waals surface area contributed by atoms with E-state index in [1.54, 1.807) is 65.6 Å². The van der Waals surface area contributed by atoms with Crippen LogP contribution in [0.3, 0.4) is 0 Å². The lowest BCUT2D eigenvalue weighted by atomic mass is 10.2. The van der Waals surface area contributed by atoms with E-state index in [2.05, 4.69) is 20.6 Å². The fourth-order valence-corrected chi connectivity index (χ4v) is 3.82. The van der Waals surface area contributed by atoms with E-state index in [4.69, 9.17) is 19.1 Å². The minimum absolute atomic E-state index is 0.434. The number of H-pyrrole nitrogens is 1. The number of pyridine rings is 1. The van der Waals surface area contributed by atoms with Crippen LogP contribution in [0, 0.1) is 0 Å². The van der Waals surface area contributed by atoms with Gasteiger partial charge in [0.2, 0.25) is 0 Å². The van der Waals surface area contributed by atoms with Gasteiger partial charge in [-0.25, -0.2) is 9.78 Å². The van der Waals surface area contributed by atoms with E-state index in [0.717, 1.165) is 0 Å². The Balaban J connectivity index is 1.46. The number of aromatic nitrogens is 3. The molecule has 0 atom stereocenters. The highest BCUT2D eigenvalue weighted by atomic mass is 35.5. The van der Waals surface area contributed by atoms with Crippen LogP contribution in [0.5, 0.6) is 5.75 Å². The van der Waals surface area contributed by atoms with Crippen molar-refractivity contribution < 1.29 is 12.3 Å². The van der Waals surface area contributed by atoms with Gasteiger partial charge >= 0.3 is 6.03 Å². The van der Waals surface area contributed by atoms with E-state index in [0.29, 0.717) is 49.6 Å². The number of rotatable bonds is 5. The molecule has 0 aliphatic heterocycles. The number of anilines is 2. The third kappa shape index (κ3) is 3.86. The van der Waals surface area contributed by atoms with Crippen LogP contribution in [-0.4, -0.2) is 27.7 Å². The summed E-state index contributed by atoms with van der Waals surface area (Å²) in [5.41, 5.74) is 2.76. The number of nitrogens with one attached hydrogen (secondary N) is 3. The molecule has 8 heteroatoms. The summed E-state index contributed by atoms with van der Waals surface area (Å²) in [7, 11) is 1.52. The van der Waals surface area contributed by atoms with Crippen LogP contribution in [0.2, 0.25) is 5.02 Å². The average molecular weight is 448 g/mol. The number of urea groups is 1. The minimum Gasteiger partial charge on any atom is -0.497 e. The van der Waals surface area contributed by atoms with Crippen molar-refractivity contribution in [2.75, 3.05) is 17.7 Å². The number of ether oxygens (including phenoxy) is 1. The lowest BCUT2D eigenvalue weighted by Crippen LogP contribution is -2.19. The number of benzene rings is 2. The van der Waals surface area contributed by atoms with Crippen LogP contribution < -0.4 is 15.4 Å². The molecule has 0 saturated heterocycles. The Hall–Kier alpha value is -3.97. The normalized spacial score (nSPS) is 12.4. The zero-order valence-electron chi connectivity index (χ0n) is 19.0. The van der Waals surface area contributed by atoms with Crippen molar-refractivity contribution in [3.8, 4) is 5.75 Å². The molecule has 0 aliphatic carbocycles. The lowest BCUT2D eigenvalue weighted by Gasteiger charge is -2.11. The largest absolute Gasteiger partial charge is 0.497 e. The van der Waals surface area contributed by atoms with E-state index in [9.17, 15) is 4.79 Å². The van der Waals surface area contributed by atoms with Gasteiger partial charge in [0.05, 0.1) is 21.1 Å². The molecule has 0 fully saturated rings. The Labute approximate surface area is 191 Å². The number of carbonyl (C=O) groups excluding carboxylic acids is 1. The van der Waals surface area contributed by atoms with Gasteiger partial charge in [-0.2, -0.15) is 0 Å². The van der Waals surface area contributed by atoms with E-state index in [-0.39, 0.29) is 0 Å². The fourth-order valence-electron chi connectivity index (χ4n) is 3.60. The predicted molar refractivity (Wildman–Crippen MR) is 128 cm³/mol. The number of hydrogen-bond acceptors (Lipinski definition) is 3. The molecule has 160 valence electrons. The van der Waals surface area contributed by atoms with E-state index >= 15 is 0 Å². The first-order valence-corrected chi connectivity index (χ1v) is 10.2. The molecule has 0 saturated carbocycles. The number of methoxy groups -OCH3 is 1. The van der Waals surface area contributed by atoms with Crippen LogP contribution in [-0.2, 0) is 6.50 Å². The minimum atomic E-state index is -1.86. The van der Waals surface area contributed by atoms with Crippen LogP contribution >= 0.6 is 11.6 Å². The van der Waals surface area contributed by atoms with Crippen molar-refractivity contribution >= 4 is 50.9 Å².